The molecular formula is C22H31N2O3+. The molecule has 0 bridgehead atoms. The highest BCUT2D eigenvalue weighted by molar-refractivity contribution is 5.92. The van der Waals surface area contributed by atoms with Gasteiger partial charge in [0.25, 0.3) is 5.91 Å². The number of rotatable bonds is 10. The molecule has 0 aliphatic carbocycles. The summed E-state index contributed by atoms with van der Waals surface area (Å²) in [5, 5.41) is 3.00. The van der Waals surface area contributed by atoms with E-state index in [-0.39, 0.29) is 5.91 Å². The molecule has 1 atom stereocenters. The first kappa shape index (κ1) is 20.8. The summed E-state index contributed by atoms with van der Waals surface area (Å²) in [6.45, 7) is 8.57. The van der Waals surface area contributed by atoms with Crippen molar-refractivity contribution in [1.29, 1.82) is 0 Å². The SMILES string of the molecule is CCCOc1ccc(OCC[NH+](C)CC(=O)Nc2cccc(C)c2C)cc1. The van der Waals surface area contributed by atoms with E-state index in [1.54, 1.807) is 0 Å². The second-order valence-electron chi connectivity index (χ2n) is 6.85. The van der Waals surface area contributed by atoms with Gasteiger partial charge in [0.15, 0.2) is 6.54 Å². The van der Waals surface area contributed by atoms with Crippen molar-refractivity contribution in [2.75, 3.05) is 38.7 Å². The van der Waals surface area contributed by atoms with Crippen LogP contribution in [0.15, 0.2) is 42.5 Å². The standard InChI is InChI=1S/C22H30N2O3/c1-5-14-26-19-9-11-20(12-10-19)27-15-13-24(4)16-22(25)23-21-8-6-7-17(2)18(21)3/h6-12H,5,13-16H2,1-4H3,(H,23,25)/p+1. The quantitative estimate of drug-likeness (QED) is 0.675. The van der Waals surface area contributed by atoms with E-state index in [0.29, 0.717) is 13.2 Å². The van der Waals surface area contributed by atoms with E-state index in [4.69, 9.17) is 9.47 Å². The molecule has 0 spiro atoms. The molecule has 0 saturated heterocycles. The minimum atomic E-state index is 0.0126. The Bertz CT molecular complexity index is 729. The van der Waals surface area contributed by atoms with E-state index in [2.05, 4.69) is 12.2 Å². The monoisotopic (exact) mass is 371 g/mol. The summed E-state index contributed by atoms with van der Waals surface area (Å²) in [5.74, 6) is 1.68. The van der Waals surface area contributed by atoms with Gasteiger partial charge < -0.3 is 19.7 Å². The summed E-state index contributed by atoms with van der Waals surface area (Å²) >= 11 is 0. The first-order valence-electron chi connectivity index (χ1n) is 9.52. The third kappa shape index (κ3) is 6.94. The zero-order valence-electron chi connectivity index (χ0n) is 16.8. The molecule has 1 amide bonds. The largest absolute Gasteiger partial charge is 0.494 e. The Morgan fingerprint density at radius 3 is 2.26 bits per heavy atom. The molecule has 2 aromatic carbocycles. The number of hydrogen-bond acceptors (Lipinski definition) is 3. The summed E-state index contributed by atoms with van der Waals surface area (Å²) in [7, 11) is 1.99. The molecule has 0 fully saturated rings. The van der Waals surface area contributed by atoms with E-state index in [1.807, 2.05) is 63.4 Å². The van der Waals surface area contributed by atoms with Crippen LogP contribution in [0.25, 0.3) is 0 Å². The molecule has 0 saturated carbocycles. The van der Waals surface area contributed by atoms with Crippen LogP contribution in [0.1, 0.15) is 24.5 Å². The predicted molar refractivity (Wildman–Crippen MR) is 109 cm³/mol. The van der Waals surface area contributed by atoms with Crippen molar-refractivity contribution in [3.63, 3.8) is 0 Å². The van der Waals surface area contributed by atoms with Crippen molar-refractivity contribution in [3.05, 3.63) is 53.6 Å². The highest BCUT2D eigenvalue weighted by atomic mass is 16.5. The lowest BCUT2D eigenvalue weighted by Crippen LogP contribution is -3.10. The molecule has 5 heteroatoms. The lowest BCUT2D eigenvalue weighted by molar-refractivity contribution is -0.871. The summed E-state index contributed by atoms with van der Waals surface area (Å²) in [6, 6.07) is 13.6. The van der Waals surface area contributed by atoms with Crippen molar-refractivity contribution in [3.8, 4) is 11.5 Å². The number of ether oxygens (including phenoxy) is 2. The first-order valence-corrected chi connectivity index (χ1v) is 9.52. The molecule has 2 aromatic rings. The van der Waals surface area contributed by atoms with Crippen LogP contribution in [0.2, 0.25) is 0 Å². The summed E-state index contributed by atoms with van der Waals surface area (Å²) in [6.07, 6.45) is 0.990. The topological polar surface area (TPSA) is 52.0 Å². The average molecular weight is 372 g/mol. The van der Waals surface area contributed by atoms with Gasteiger partial charge in [0, 0.05) is 5.69 Å². The Balaban J connectivity index is 1.71. The minimum Gasteiger partial charge on any atom is -0.494 e. The average Bonchev–Trinajstić information content (AvgIpc) is 2.65. The number of carbonyl (C=O) groups is 1. The Morgan fingerprint density at radius 2 is 1.63 bits per heavy atom. The molecule has 27 heavy (non-hydrogen) atoms. The maximum Gasteiger partial charge on any atom is 0.279 e. The number of aryl methyl sites for hydroxylation is 1. The highest BCUT2D eigenvalue weighted by Crippen LogP contribution is 2.18. The number of hydrogen-bond donors (Lipinski definition) is 2. The molecule has 1 unspecified atom stereocenters. The second-order valence-corrected chi connectivity index (χ2v) is 6.85. The van der Waals surface area contributed by atoms with E-state index in [1.165, 1.54) is 5.56 Å². The van der Waals surface area contributed by atoms with E-state index < -0.39 is 0 Å². The first-order chi connectivity index (χ1) is 13.0. The summed E-state index contributed by atoms with van der Waals surface area (Å²) in [5.41, 5.74) is 3.17. The van der Waals surface area contributed by atoms with Gasteiger partial charge >= 0.3 is 0 Å². The molecule has 5 nitrogen and oxygen atoms in total. The number of carbonyl (C=O) groups excluding carboxylic acids is 1. The van der Waals surface area contributed by atoms with Crippen LogP contribution in [0, 0.1) is 13.8 Å². The predicted octanol–water partition coefficient (Wildman–Crippen LogP) is 2.62. The molecule has 0 radical (unpaired) electrons. The number of anilines is 1. The van der Waals surface area contributed by atoms with Gasteiger partial charge in [-0.15, -0.1) is 0 Å². The highest BCUT2D eigenvalue weighted by Gasteiger charge is 2.12. The molecular weight excluding hydrogens is 340 g/mol. The fourth-order valence-electron chi connectivity index (χ4n) is 2.64. The van der Waals surface area contributed by atoms with Gasteiger partial charge in [0.05, 0.1) is 13.7 Å². The van der Waals surface area contributed by atoms with Crippen LogP contribution >= 0.6 is 0 Å². The van der Waals surface area contributed by atoms with Gasteiger partial charge in [-0.25, -0.2) is 0 Å². The molecule has 0 aromatic heterocycles. The third-order valence-corrected chi connectivity index (χ3v) is 4.44. The molecule has 0 aliphatic heterocycles. The lowest BCUT2D eigenvalue weighted by atomic mass is 10.1. The van der Waals surface area contributed by atoms with Gasteiger partial charge in [-0.1, -0.05) is 19.1 Å². The van der Waals surface area contributed by atoms with Gasteiger partial charge in [0.2, 0.25) is 0 Å². The zero-order chi connectivity index (χ0) is 19.6. The van der Waals surface area contributed by atoms with Crippen molar-refractivity contribution in [2.24, 2.45) is 0 Å². The fraction of sp³-hybridized carbons (Fsp3) is 0.409. The molecule has 0 aliphatic rings. The second kappa shape index (κ2) is 10.6. The van der Waals surface area contributed by atoms with Crippen LogP contribution in [0.5, 0.6) is 11.5 Å². The number of quaternary nitrogens is 1. The Hall–Kier alpha value is -2.53. The maximum atomic E-state index is 12.3. The number of nitrogens with one attached hydrogen (secondary N) is 2. The number of likely N-dealkylation sites (N-methyl/N-ethyl adjacent to an activating group) is 1. The van der Waals surface area contributed by atoms with Gasteiger partial charge in [-0.05, 0) is 61.7 Å². The number of benzene rings is 2. The molecule has 146 valence electrons. The zero-order valence-corrected chi connectivity index (χ0v) is 16.8. The van der Waals surface area contributed by atoms with Crippen LogP contribution < -0.4 is 19.7 Å². The normalized spacial score (nSPS) is 11.7. The molecule has 2 N–H and O–H groups in total. The van der Waals surface area contributed by atoms with Crippen LogP contribution in [0.4, 0.5) is 5.69 Å². The van der Waals surface area contributed by atoms with Crippen LogP contribution in [-0.2, 0) is 4.79 Å². The van der Waals surface area contributed by atoms with Gasteiger partial charge in [-0.3, -0.25) is 4.79 Å². The van der Waals surface area contributed by atoms with Gasteiger partial charge in [-0.2, -0.15) is 0 Å². The smallest absolute Gasteiger partial charge is 0.279 e. The molecule has 0 heterocycles. The lowest BCUT2D eigenvalue weighted by Gasteiger charge is -2.15. The van der Waals surface area contributed by atoms with E-state index in [9.17, 15) is 4.79 Å². The third-order valence-electron chi connectivity index (χ3n) is 4.44. The summed E-state index contributed by atoms with van der Waals surface area (Å²) in [4.78, 5) is 13.4. The Morgan fingerprint density at radius 1 is 1.00 bits per heavy atom. The number of amides is 1. The Labute approximate surface area is 162 Å². The molecule has 2 rings (SSSR count). The maximum absolute atomic E-state index is 12.3. The Kier molecular flexibility index (Phi) is 8.14. The summed E-state index contributed by atoms with van der Waals surface area (Å²) < 4.78 is 11.3. The van der Waals surface area contributed by atoms with E-state index >= 15 is 0 Å². The van der Waals surface area contributed by atoms with Crippen molar-refractivity contribution in [1.82, 2.24) is 0 Å². The van der Waals surface area contributed by atoms with Crippen LogP contribution in [0.3, 0.4) is 0 Å². The fourth-order valence-corrected chi connectivity index (χ4v) is 2.64. The van der Waals surface area contributed by atoms with Crippen molar-refractivity contribution in [2.45, 2.75) is 27.2 Å². The van der Waals surface area contributed by atoms with Crippen LogP contribution in [-0.4, -0.2) is 39.3 Å². The van der Waals surface area contributed by atoms with Crippen molar-refractivity contribution >= 4 is 11.6 Å². The van der Waals surface area contributed by atoms with E-state index in [0.717, 1.165) is 47.2 Å². The van der Waals surface area contributed by atoms with Crippen molar-refractivity contribution < 1.29 is 19.2 Å². The minimum absolute atomic E-state index is 0.0126. The van der Waals surface area contributed by atoms with Gasteiger partial charge in [0.1, 0.15) is 24.7 Å².